The molecule has 0 aromatic heterocycles. The average molecular weight is 660 g/mol. The summed E-state index contributed by atoms with van der Waals surface area (Å²) in [4.78, 5) is 46.9. The van der Waals surface area contributed by atoms with Gasteiger partial charge >= 0.3 is 38.2 Å². The topological polar surface area (TPSA) is 105 Å². The Balaban J connectivity index is -0.000000490. The van der Waals surface area contributed by atoms with Gasteiger partial charge in [0.25, 0.3) is 0 Å². The largest absolute Gasteiger partial charge is 2.00 e. The fraction of sp³-hybridized carbons (Fsp3) is 0.800. The first-order valence-corrected chi connectivity index (χ1v) is 15.0. The van der Waals surface area contributed by atoms with Crippen LogP contribution in [0.1, 0.15) is 53.4 Å². The quantitative estimate of drug-likeness (QED) is 0.207. The van der Waals surface area contributed by atoms with E-state index in [9.17, 15) is 19.2 Å². The first-order chi connectivity index (χ1) is 13.9. The Labute approximate surface area is 203 Å². The first kappa shape index (κ1) is 35.2. The first-order valence-electron chi connectivity index (χ1n) is 10.2. The standard InChI is InChI=1S/2C10H20O4Si.Pt/c2*1-6-8(11)10(9(12)7-2)15(5,13-3)14-4;/h2*10H,6-7H2,1-5H3;/q;;+2. The van der Waals surface area contributed by atoms with Gasteiger partial charge in [-0.1, -0.05) is 27.7 Å². The molecule has 0 N–H and O–H groups in total. The van der Waals surface area contributed by atoms with Crippen LogP contribution < -0.4 is 0 Å². The molecule has 184 valence electrons. The minimum Gasteiger partial charge on any atom is -0.397 e. The van der Waals surface area contributed by atoms with Crippen LogP contribution in [0.2, 0.25) is 24.2 Å². The van der Waals surface area contributed by atoms with Gasteiger partial charge in [0, 0.05) is 54.1 Å². The Kier molecular flexibility index (Phi) is 19.5. The van der Waals surface area contributed by atoms with Crippen LogP contribution in [-0.4, -0.2) is 68.7 Å². The maximum absolute atomic E-state index is 11.7. The summed E-state index contributed by atoms with van der Waals surface area (Å²) in [5.74, 6) is -0.334. The Bertz CT molecular complexity index is 496. The van der Waals surface area contributed by atoms with Gasteiger partial charge in [0.2, 0.25) is 0 Å². The molecule has 0 amide bonds. The molecule has 0 spiro atoms. The van der Waals surface area contributed by atoms with Crippen molar-refractivity contribution in [2.24, 2.45) is 0 Å². The summed E-state index contributed by atoms with van der Waals surface area (Å²) in [6.45, 7) is 10.5. The molecule has 11 heteroatoms. The monoisotopic (exact) mass is 659 g/mol. The van der Waals surface area contributed by atoms with Crippen molar-refractivity contribution in [3.63, 3.8) is 0 Å². The van der Waals surface area contributed by atoms with Gasteiger partial charge in [0.15, 0.2) is 0 Å². The second kappa shape index (κ2) is 17.2. The van der Waals surface area contributed by atoms with Gasteiger partial charge in [-0.25, -0.2) is 0 Å². The van der Waals surface area contributed by atoms with Gasteiger partial charge in [0.05, 0.1) is 0 Å². The maximum Gasteiger partial charge on any atom is 2.00 e. The number of rotatable bonds is 14. The van der Waals surface area contributed by atoms with E-state index >= 15 is 0 Å². The molecule has 0 aliphatic carbocycles. The van der Waals surface area contributed by atoms with Crippen LogP contribution in [0.4, 0.5) is 0 Å². The van der Waals surface area contributed by atoms with E-state index in [4.69, 9.17) is 17.7 Å². The van der Waals surface area contributed by atoms with Gasteiger partial charge in [-0.2, -0.15) is 0 Å². The van der Waals surface area contributed by atoms with Crippen molar-refractivity contribution >= 4 is 40.3 Å². The molecule has 0 fully saturated rings. The summed E-state index contributed by atoms with van der Waals surface area (Å²) in [7, 11) is 0.591. The molecule has 31 heavy (non-hydrogen) atoms. The van der Waals surface area contributed by atoms with Crippen LogP contribution in [0.5, 0.6) is 0 Å². The van der Waals surface area contributed by atoms with Gasteiger partial charge in [-0.05, 0) is 13.1 Å². The van der Waals surface area contributed by atoms with E-state index in [0.717, 1.165) is 0 Å². The molecule has 0 heterocycles. The molecule has 0 aromatic carbocycles. The van der Waals surface area contributed by atoms with Crippen molar-refractivity contribution in [1.82, 2.24) is 0 Å². The number of Topliss-reactive ketones (excluding diaryl/α,β-unsaturated/α-hetero) is 4. The zero-order chi connectivity index (χ0) is 24.1. The zero-order valence-electron chi connectivity index (χ0n) is 20.6. The van der Waals surface area contributed by atoms with Crippen molar-refractivity contribution in [2.75, 3.05) is 28.4 Å². The molecule has 0 atom stereocenters. The Morgan fingerprint density at radius 3 is 0.806 bits per heavy atom. The van der Waals surface area contributed by atoms with Crippen molar-refractivity contribution in [1.29, 1.82) is 0 Å². The molecule has 0 aromatic rings. The van der Waals surface area contributed by atoms with Crippen LogP contribution in [-0.2, 0) is 57.9 Å². The number of ketones is 4. The molecule has 0 unspecified atom stereocenters. The smallest absolute Gasteiger partial charge is 0.397 e. The summed E-state index contributed by atoms with van der Waals surface area (Å²) in [6, 6.07) is 0. The molecule has 0 radical (unpaired) electrons. The van der Waals surface area contributed by atoms with Crippen molar-refractivity contribution in [3.8, 4) is 0 Å². The van der Waals surface area contributed by atoms with E-state index in [2.05, 4.69) is 0 Å². The van der Waals surface area contributed by atoms with Gasteiger partial charge in [-0.15, -0.1) is 0 Å². The van der Waals surface area contributed by atoms with Crippen molar-refractivity contribution in [2.45, 2.75) is 77.6 Å². The number of carbonyl (C=O) groups is 4. The molecular formula is C20H40O8PtSi2+2. The summed E-state index contributed by atoms with van der Waals surface area (Å²) in [5, 5.41) is 0. The minimum atomic E-state index is -2.69. The normalized spacial score (nSPS) is 11.5. The summed E-state index contributed by atoms with van der Waals surface area (Å²) in [6.07, 6.45) is 1.36. The molecule has 0 saturated carbocycles. The summed E-state index contributed by atoms with van der Waals surface area (Å²) >= 11 is 0. The number of hydrogen-bond acceptors (Lipinski definition) is 8. The predicted octanol–water partition coefficient (Wildman–Crippen LogP) is 3.36. The fourth-order valence-corrected chi connectivity index (χ4v) is 7.42. The second-order valence-corrected chi connectivity index (χ2v) is 13.8. The van der Waals surface area contributed by atoms with Crippen LogP contribution in [0.25, 0.3) is 0 Å². The van der Waals surface area contributed by atoms with E-state index in [1.54, 1.807) is 40.8 Å². The van der Waals surface area contributed by atoms with Crippen LogP contribution in [0.15, 0.2) is 0 Å². The fourth-order valence-electron chi connectivity index (χ4n) is 2.98. The molecular weight excluding hydrogens is 619 g/mol. The average Bonchev–Trinajstić information content (AvgIpc) is 2.78. The summed E-state index contributed by atoms with van der Waals surface area (Å²) < 4.78 is 21.1. The van der Waals surface area contributed by atoms with E-state index < -0.39 is 28.2 Å². The van der Waals surface area contributed by atoms with Crippen LogP contribution in [0, 0.1) is 0 Å². The zero-order valence-corrected chi connectivity index (χ0v) is 24.8. The van der Waals surface area contributed by atoms with Gasteiger partial charge in [0.1, 0.15) is 34.2 Å². The molecule has 0 rings (SSSR count). The Morgan fingerprint density at radius 1 is 0.548 bits per heavy atom. The summed E-state index contributed by atoms with van der Waals surface area (Å²) in [5.41, 5.74) is -1.38. The van der Waals surface area contributed by atoms with Gasteiger partial charge in [-0.3, -0.25) is 19.2 Å². The van der Waals surface area contributed by atoms with Crippen LogP contribution >= 0.6 is 0 Å². The third-order valence-corrected chi connectivity index (χ3v) is 12.0. The van der Waals surface area contributed by atoms with E-state index in [0.29, 0.717) is 25.7 Å². The molecule has 8 nitrogen and oxygen atoms in total. The Hall–Kier alpha value is -0.358. The molecule has 0 aliphatic heterocycles. The van der Waals surface area contributed by atoms with E-state index in [1.807, 2.05) is 0 Å². The van der Waals surface area contributed by atoms with E-state index in [-0.39, 0.29) is 44.2 Å². The third kappa shape index (κ3) is 9.98. The number of carbonyl (C=O) groups excluding carboxylic acids is 4. The second-order valence-electron chi connectivity index (χ2n) is 6.99. The van der Waals surface area contributed by atoms with E-state index in [1.165, 1.54) is 28.4 Å². The SMILES string of the molecule is CCC(=O)C(C(=O)CC)[Si](C)(OC)OC.CCC(=O)C(C(=O)CC)[Si](C)(OC)OC.[Pt+2]. The maximum atomic E-state index is 11.7. The molecule has 0 aliphatic rings. The third-order valence-electron chi connectivity index (χ3n) is 5.35. The molecule has 0 bridgehead atoms. The van der Waals surface area contributed by atoms with Crippen molar-refractivity contribution < 1.29 is 57.9 Å². The minimum absolute atomic E-state index is 0. The predicted molar refractivity (Wildman–Crippen MR) is 120 cm³/mol. The van der Waals surface area contributed by atoms with Crippen LogP contribution in [0.3, 0.4) is 0 Å². The Morgan fingerprint density at radius 2 is 0.710 bits per heavy atom. The van der Waals surface area contributed by atoms with Crippen molar-refractivity contribution in [3.05, 3.63) is 0 Å². The molecule has 0 saturated heterocycles. The number of hydrogen-bond donors (Lipinski definition) is 0. The van der Waals surface area contributed by atoms with Gasteiger partial charge < -0.3 is 17.7 Å².